The first kappa shape index (κ1) is 13.6. The number of aromatic nitrogens is 2. The minimum atomic E-state index is 0.244. The molecule has 0 saturated carbocycles. The maximum atomic E-state index is 8.82. The highest BCUT2D eigenvalue weighted by Gasteiger charge is 2.33. The summed E-state index contributed by atoms with van der Waals surface area (Å²) >= 11 is 0. The van der Waals surface area contributed by atoms with Crippen LogP contribution in [0.2, 0.25) is 0 Å². The van der Waals surface area contributed by atoms with Gasteiger partial charge in [-0.25, -0.2) is 4.98 Å². The number of likely N-dealkylation sites (tertiary alicyclic amines) is 1. The number of hydrogen-bond donors (Lipinski definition) is 1. The third kappa shape index (κ3) is 2.93. The monoisotopic (exact) mass is 260 g/mol. The van der Waals surface area contributed by atoms with E-state index >= 15 is 0 Å². The van der Waals surface area contributed by atoms with E-state index in [2.05, 4.69) is 28.8 Å². The minimum Gasteiger partial charge on any atom is -0.382 e. The first-order chi connectivity index (χ1) is 8.93. The Bertz CT molecular complexity index is 508. The summed E-state index contributed by atoms with van der Waals surface area (Å²) in [6, 6.07) is 1.97. The van der Waals surface area contributed by atoms with Crippen molar-refractivity contribution >= 4 is 11.8 Å². The van der Waals surface area contributed by atoms with Crippen molar-refractivity contribution in [2.24, 2.45) is 5.41 Å². The van der Waals surface area contributed by atoms with Crippen LogP contribution in [0.15, 0.2) is 6.20 Å². The van der Waals surface area contributed by atoms with E-state index in [1.807, 2.05) is 18.0 Å². The molecule has 1 atom stereocenters. The molecule has 0 radical (unpaired) electrons. The maximum Gasteiger partial charge on any atom is 0.227 e. The fraction of sp³-hybridized carbons (Fsp3) is 0.615. The van der Waals surface area contributed by atoms with Crippen LogP contribution in [0.1, 0.15) is 18.9 Å². The van der Waals surface area contributed by atoms with Crippen molar-refractivity contribution in [2.45, 2.75) is 13.3 Å². The van der Waals surface area contributed by atoms with Gasteiger partial charge in [-0.05, 0) is 25.4 Å². The van der Waals surface area contributed by atoms with Crippen LogP contribution in [0, 0.1) is 16.7 Å². The predicted molar refractivity (Wildman–Crippen MR) is 74.7 cm³/mol. The molecule has 0 aliphatic carbocycles. The molecule has 1 aromatic heterocycles. The highest BCUT2D eigenvalue weighted by molar-refractivity contribution is 5.50. The first-order valence-electron chi connectivity index (χ1n) is 6.36. The van der Waals surface area contributed by atoms with Gasteiger partial charge in [0, 0.05) is 20.1 Å². The van der Waals surface area contributed by atoms with Crippen molar-refractivity contribution < 1.29 is 0 Å². The van der Waals surface area contributed by atoms with Gasteiger partial charge < -0.3 is 15.5 Å². The predicted octanol–water partition coefficient (Wildman–Crippen LogP) is 0.708. The molecule has 0 aromatic carbocycles. The Morgan fingerprint density at radius 2 is 2.37 bits per heavy atom. The van der Waals surface area contributed by atoms with Crippen LogP contribution in [0.3, 0.4) is 0 Å². The lowest BCUT2D eigenvalue weighted by molar-refractivity contribution is 0.314. The highest BCUT2D eigenvalue weighted by Crippen LogP contribution is 2.30. The Labute approximate surface area is 113 Å². The third-order valence-electron chi connectivity index (χ3n) is 3.64. The largest absolute Gasteiger partial charge is 0.382 e. The summed E-state index contributed by atoms with van der Waals surface area (Å²) in [4.78, 5) is 12.7. The second-order valence-corrected chi connectivity index (χ2v) is 5.74. The van der Waals surface area contributed by atoms with Crippen molar-refractivity contribution in [1.29, 1.82) is 5.26 Å². The number of nitrogen functional groups attached to an aromatic ring is 1. The molecule has 2 N–H and O–H groups in total. The zero-order valence-corrected chi connectivity index (χ0v) is 11.7. The van der Waals surface area contributed by atoms with Gasteiger partial charge in [0.25, 0.3) is 0 Å². The fourth-order valence-electron chi connectivity index (χ4n) is 2.70. The highest BCUT2D eigenvalue weighted by atomic mass is 15.3. The van der Waals surface area contributed by atoms with Gasteiger partial charge in [0.15, 0.2) is 0 Å². The molecule has 6 heteroatoms. The van der Waals surface area contributed by atoms with Crippen LogP contribution in [-0.2, 0) is 0 Å². The summed E-state index contributed by atoms with van der Waals surface area (Å²) in [7, 11) is 4.10. The second-order valence-electron chi connectivity index (χ2n) is 5.74. The number of nitrogens with zero attached hydrogens (tertiary/aromatic N) is 5. The van der Waals surface area contributed by atoms with Crippen LogP contribution in [0.4, 0.5) is 11.8 Å². The molecule has 0 amide bonds. The van der Waals surface area contributed by atoms with Gasteiger partial charge in [-0.1, -0.05) is 6.92 Å². The van der Waals surface area contributed by atoms with E-state index in [1.54, 1.807) is 0 Å². The van der Waals surface area contributed by atoms with Gasteiger partial charge in [-0.15, -0.1) is 0 Å². The summed E-state index contributed by atoms with van der Waals surface area (Å²) in [6.07, 6.45) is 2.65. The van der Waals surface area contributed by atoms with Crippen LogP contribution >= 0.6 is 0 Å². The molecule has 0 bridgehead atoms. The molecule has 19 heavy (non-hydrogen) atoms. The number of nitrogens with two attached hydrogens (primary N) is 1. The van der Waals surface area contributed by atoms with Gasteiger partial charge in [0.05, 0.1) is 6.20 Å². The van der Waals surface area contributed by atoms with E-state index < -0.39 is 0 Å². The summed E-state index contributed by atoms with van der Waals surface area (Å²) in [5.41, 5.74) is 6.29. The lowest BCUT2D eigenvalue weighted by Gasteiger charge is -2.29. The number of anilines is 2. The van der Waals surface area contributed by atoms with Crippen LogP contribution < -0.4 is 10.6 Å². The van der Waals surface area contributed by atoms with Crippen molar-refractivity contribution in [3.05, 3.63) is 11.8 Å². The van der Waals surface area contributed by atoms with Crippen LogP contribution in [0.25, 0.3) is 0 Å². The topological polar surface area (TPSA) is 82.1 Å². The first-order valence-corrected chi connectivity index (χ1v) is 6.36. The molecule has 2 rings (SSSR count). The fourth-order valence-corrected chi connectivity index (χ4v) is 2.70. The Morgan fingerprint density at radius 1 is 1.63 bits per heavy atom. The summed E-state index contributed by atoms with van der Waals surface area (Å²) in [5, 5.41) is 8.82. The summed E-state index contributed by atoms with van der Waals surface area (Å²) < 4.78 is 0. The number of rotatable bonds is 3. The van der Waals surface area contributed by atoms with Gasteiger partial charge in [0.1, 0.15) is 17.5 Å². The Kier molecular flexibility index (Phi) is 3.58. The Balaban J connectivity index is 2.10. The molecular weight excluding hydrogens is 240 g/mol. The van der Waals surface area contributed by atoms with E-state index in [1.165, 1.54) is 12.6 Å². The number of nitriles is 1. The van der Waals surface area contributed by atoms with Crippen LogP contribution in [-0.4, -0.2) is 48.6 Å². The van der Waals surface area contributed by atoms with Gasteiger partial charge in [0.2, 0.25) is 5.95 Å². The number of hydrogen-bond acceptors (Lipinski definition) is 6. The summed E-state index contributed by atoms with van der Waals surface area (Å²) in [5.74, 6) is 0.820. The summed E-state index contributed by atoms with van der Waals surface area (Å²) in [6.45, 7) is 5.35. The van der Waals surface area contributed by atoms with Crippen molar-refractivity contribution in [1.82, 2.24) is 14.9 Å². The van der Waals surface area contributed by atoms with Gasteiger partial charge in [-0.2, -0.15) is 10.2 Å². The standard InChI is InChI=1S/C13H20N6/c1-13(4-5-18(2)8-13)9-19(3)12-16-7-10(6-14)11(15)17-12/h7H,4-5,8-9H2,1-3H3,(H2,15,16,17)/t13-/m1/s1. The van der Waals surface area contributed by atoms with E-state index in [0.29, 0.717) is 11.5 Å². The molecule has 2 heterocycles. The molecular formula is C13H20N6. The molecule has 102 valence electrons. The van der Waals surface area contributed by atoms with Gasteiger partial charge in [-0.3, -0.25) is 0 Å². The molecule has 1 aliphatic heterocycles. The molecule has 1 aromatic rings. The minimum absolute atomic E-state index is 0.244. The molecule has 0 unspecified atom stereocenters. The van der Waals surface area contributed by atoms with Crippen LogP contribution in [0.5, 0.6) is 0 Å². The Hall–Kier alpha value is -1.87. The normalized spacial score (nSPS) is 23.3. The molecule has 6 nitrogen and oxygen atoms in total. The molecule has 0 spiro atoms. The molecule has 1 saturated heterocycles. The maximum absolute atomic E-state index is 8.82. The second kappa shape index (κ2) is 5.02. The quantitative estimate of drug-likeness (QED) is 0.862. The third-order valence-corrected chi connectivity index (χ3v) is 3.64. The molecule has 1 aliphatic rings. The smallest absolute Gasteiger partial charge is 0.227 e. The Morgan fingerprint density at radius 3 is 2.89 bits per heavy atom. The zero-order chi connectivity index (χ0) is 14.0. The van der Waals surface area contributed by atoms with E-state index in [9.17, 15) is 0 Å². The lowest BCUT2D eigenvalue weighted by atomic mass is 9.89. The van der Waals surface area contributed by atoms with Crippen molar-refractivity contribution in [3.8, 4) is 6.07 Å². The lowest BCUT2D eigenvalue weighted by Crippen LogP contribution is -2.36. The average molecular weight is 260 g/mol. The average Bonchev–Trinajstić information content (AvgIpc) is 2.68. The zero-order valence-electron chi connectivity index (χ0n) is 11.7. The SMILES string of the molecule is CN1CC[C@@](C)(CN(C)c2ncc(C#N)c(N)n2)C1. The molecule has 1 fully saturated rings. The van der Waals surface area contributed by atoms with E-state index in [4.69, 9.17) is 11.0 Å². The van der Waals surface area contributed by atoms with Crippen molar-refractivity contribution in [3.63, 3.8) is 0 Å². The van der Waals surface area contributed by atoms with Crippen molar-refractivity contribution in [2.75, 3.05) is 44.4 Å². The van der Waals surface area contributed by atoms with E-state index in [-0.39, 0.29) is 11.2 Å². The van der Waals surface area contributed by atoms with Gasteiger partial charge >= 0.3 is 0 Å². The van der Waals surface area contributed by atoms with E-state index in [0.717, 1.165) is 19.6 Å².